The van der Waals surface area contributed by atoms with Gasteiger partial charge in [0.15, 0.2) is 47.8 Å². The Morgan fingerprint density at radius 1 is 0.700 bits per heavy atom. The largest absolute Gasteiger partial charge is 0.508 e. The Morgan fingerprint density at radius 2 is 1.33 bits per heavy atom. The minimum absolute atomic E-state index is 0.0156. The van der Waals surface area contributed by atoms with Crippen molar-refractivity contribution in [3.8, 4) is 57.1 Å². The first-order chi connectivity index (χ1) is 51.8. The van der Waals surface area contributed by atoms with Gasteiger partial charge in [0.2, 0.25) is 41.6 Å². The van der Waals surface area contributed by atoms with Gasteiger partial charge >= 0.3 is 5.97 Å². The number of nitrogens with one attached hydrogen (secondary N) is 5. The summed E-state index contributed by atoms with van der Waals surface area (Å²) in [7, 11) is 1.50. The van der Waals surface area contributed by atoms with E-state index < -0.39 is 257 Å². The summed E-state index contributed by atoms with van der Waals surface area (Å²) in [6.07, 6.45) is -24.0. The van der Waals surface area contributed by atoms with E-state index in [0.29, 0.717) is 0 Å². The number of hydrogen-bond acceptors (Lipinski definition) is 28. The lowest BCUT2D eigenvalue weighted by Gasteiger charge is -2.47. The summed E-state index contributed by atoms with van der Waals surface area (Å²) in [6, 6.07) is 6.81. The molecule has 13 unspecified atom stereocenters. The number of carboxylic acid groups (broad SMARTS) is 1. The van der Waals surface area contributed by atoms with Gasteiger partial charge in [0, 0.05) is 65.9 Å². The maximum absolute atomic E-state index is 16.5. The first kappa shape index (κ1) is 81.8. The minimum atomic E-state index is -2.24. The summed E-state index contributed by atoms with van der Waals surface area (Å²) in [6.45, 7) is 8.74. The van der Waals surface area contributed by atoms with E-state index in [2.05, 4.69) is 26.6 Å². The lowest BCUT2D eigenvalue weighted by molar-refractivity contribution is -0.333. The van der Waals surface area contributed by atoms with Crippen LogP contribution in [0.1, 0.15) is 138 Å². The summed E-state index contributed by atoms with van der Waals surface area (Å²) in [4.78, 5) is 120. The van der Waals surface area contributed by atoms with Gasteiger partial charge in [0.05, 0.1) is 53.9 Å². The standard InChI is InChI=1S/C75H91ClN8O26/c1-29(2)16-43(80-7)70(99)83-58-46(89)19-36(22-52(77)91)68(97)81-56-35-20-49(64(50(21-35)106-48-15-11-34(60(58)92)18-42(48)76)110-73-65(62(94)61(93)51(28-85)107-73)109-54-27-75(6,79)67(96)31(4)104-54)105-38-12-8-32(9-13-38)63(108-53-26-74(5,78)66(95)30(3)103-53)59-71(100)82-57(72(101)102)41-23-37(86)24-45(88)55(41)40-17-33(10-14-44(40)87)39(25-47(56)90)69(98)84-59/h8-15,17-18,20-21,23-24,29-31,36,39,43,51,53-54,56-63,65-67,73,80,85-88,92-96H,16,19,22,25-28,78-79H2,1-7H3,(H2,77,91)(H,81,97)(H,82,100)(H,83,99)(H,84,98)(H,101,102)/t30?,31?,36-,39+,43+,51?,53?,54?,56+,57-,58-,59+,60+,61?,62?,63+,65?,66?,67?,73?,74?,75?/m0/s1. The maximum Gasteiger partial charge on any atom is 0.330 e. The number of benzene rings is 5. The van der Waals surface area contributed by atoms with Crippen molar-refractivity contribution in [2.75, 3.05) is 13.7 Å². The second kappa shape index (κ2) is 33.0. The summed E-state index contributed by atoms with van der Waals surface area (Å²) >= 11 is 7.16. The Morgan fingerprint density at radius 3 is 1.93 bits per heavy atom. The predicted octanol–water partition coefficient (Wildman–Crippen LogP) is 1.67. The lowest BCUT2D eigenvalue weighted by Crippen LogP contribution is -2.64. The molecule has 3 saturated heterocycles. The smallest absolute Gasteiger partial charge is 0.330 e. The van der Waals surface area contributed by atoms with E-state index in [1.807, 2.05) is 13.8 Å². The molecule has 22 atom stereocenters. The predicted molar refractivity (Wildman–Crippen MR) is 383 cm³/mol. The van der Waals surface area contributed by atoms with Crippen LogP contribution in [-0.2, 0) is 62.0 Å². The molecule has 8 heterocycles. The summed E-state index contributed by atoms with van der Waals surface area (Å²) < 4.78 is 51.8. The zero-order valence-corrected chi connectivity index (χ0v) is 61.5. The second-order valence-electron chi connectivity index (χ2n) is 29.7. The molecule has 110 heavy (non-hydrogen) atoms. The number of likely N-dealkylation sites (N-methyl/N-ethyl adjacent to an activating group) is 1. The normalized spacial score (nSPS) is 32.4. The average molecular weight is 1560 g/mol. The van der Waals surface area contributed by atoms with Crippen LogP contribution >= 0.6 is 11.6 Å². The van der Waals surface area contributed by atoms with E-state index in [0.717, 1.165) is 36.4 Å². The molecule has 0 radical (unpaired) electrons. The molecule has 5 aromatic carbocycles. The van der Waals surface area contributed by atoms with Gasteiger partial charge in [-0.05, 0) is 124 Å². The third-order valence-corrected chi connectivity index (χ3v) is 21.0. The van der Waals surface area contributed by atoms with E-state index in [1.54, 1.807) is 0 Å². The molecular formula is C75H91ClN8O26. The number of fused-ring (bicyclic) bond motifs is 15. The molecule has 34 nitrogen and oxygen atoms in total. The number of aliphatic hydroxyl groups is 6. The van der Waals surface area contributed by atoms with Crippen molar-refractivity contribution in [2.24, 2.45) is 29.0 Å². The number of ketones is 2. The van der Waals surface area contributed by atoms with Crippen LogP contribution in [0.2, 0.25) is 5.02 Å². The third-order valence-electron chi connectivity index (χ3n) is 20.7. The van der Waals surface area contributed by atoms with Crippen LogP contribution in [-0.4, -0.2) is 209 Å². The van der Waals surface area contributed by atoms with Crippen LogP contribution in [0.15, 0.2) is 84.9 Å². The number of carbonyl (C=O) groups is 8. The topological polar surface area (TPSA) is 551 Å². The molecule has 0 aliphatic carbocycles. The molecule has 0 aromatic heterocycles. The van der Waals surface area contributed by atoms with Crippen molar-refractivity contribution >= 4 is 58.7 Å². The molecule has 5 aromatic rings. The fourth-order valence-corrected chi connectivity index (χ4v) is 15.0. The molecule has 0 spiro atoms. The van der Waals surface area contributed by atoms with Gasteiger partial charge in [-0.1, -0.05) is 49.7 Å². The number of aliphatic carboxylic acids is 1. The van der Waals surface area contributed by atoms with Crippen LogP contribution in [0.3, 0.4) is 0 Å². The monoisotopic (exact) mass is 1550 g/mol. The Balaban J connectivity index is 1.18. The SMILES string of the molecule is CN[C@H](CC(C)C)C(=O)N[C@H]1C(=O)C[C@@H](CC(N)=O)C(=O)N[C@H]2C(=O)C[C@H]3C(=O)N[C@@H](C(=O)N[C@H](C(=O)O)c4cc(O)cc(O)c4-c4cc3ccc4O)[C@H](OC3CC(C)(N)C(O)C(C)O3)c3ccc(cc3)Oc3cc2cc(c3OC2OC(CO)C(O)C(O)C2OC2CC(C)(N)C(O)C(C)O2)Oc2ccc(cc2Cl)[C@H]1O. The summed E-state index contributed by atoms with van der Waals surface area (Å²) in [5.41, 5.74) is 14.1. The van der Waals surface area contributed by atoms with Crippen LogP contribution in [0.4, 0.5) is 0 Å². The summed E-state index contributed by atoms with van der Waals surface area (Å²) in [5, 5.41) is 127. The Hall–Kier alpha value is -9.21. The van der Waals surface area contributed by atoms with E-state index >= 15 is 24.0 Å². The van der Waals surface area contributed by atoms with Gasteiger partial charge in [-0.2, -0.15) is 0 Å². The lowest BCUT2D eigenvalue weighted by atomic mass is 9.84. The molecule has 0 saturated carbocycles. The number of halogens is 1. The first-order valence-corrected chi connectivity index (χ1v) is 36.0. The van der Waals surface area contributed by atoms with Crippen molar-refractivity contribution in [3.63, 3.8) is 0 Å². The van der Waals surface area contributed by atoms with Crippen LogP contribution in [0, 0.1) is 11.8 Å². The molecule has 11 bridgehead atoms. The highest BCUT2D eigenvalue weighted by molar-refractivity contribution is 6.32. The fraction of sp³-hybridized carbons (Fsp3) is 0.493. The number of phenols is 3. The zero-order valence-electron chi connectivity index (χ0n) is 60.8. The number of Topliss-reactive ketones (excluding diaryl/α,β-unsaturated/α-hetero) is 2. The van der Waals surface area contributed by atoms with Crippen molar-refractivity contribution in [1.82, 2.24) is 26.6 Å². The number of primary amides is 1. The number of phenolic OH excluding ortho intramolecular Hbond substituents is 3. The number of nitrogens with two attached hydrogens (primary N) is 3. The van der Waals surface area contributed by atoms with Gasteiger partial charge in [-0.15, -0.1) is 0 Å². The number of carboxylic acids is 1. The molecule has 21 N–H and O–H groups in total. The van der Waals surface area contributed by atoms with E-state index in [-0.39, 0.29) is 64.0 Å². The second-order valence-corrected chi connectivity index (χ2v) is 30.1. The highest BCUT2D eigenvalue weighted by Crippen LogP contribution is 2.50. The van der Waals surface area contributed by atoms with Gasteiger partial charge in [0.25, 0.3) is 0 Å². The summed E-state index contributed by atoms with van der Waals surface area (Å²) in [5.74, 6) is -18.0. The van der Waals surface area contributed by atoms with Gasteiger partial charge in [-0.25, -0.2) is 4.79 Å². The number of rotatable bonds is 15. The van der Waals surface area contributed by atoms with E-state index in [1.165, 1.54) is 83.3 Å². The van der Waals surface area contributed by atoms with E-state index in [4.69, 9.17) is 66.7 Å². The molecule has 35 heteroatoms. The number of hydrogen-bond donors (Lipinski definition) is 18. The maximum atomic E-state index is 16.5. The van der Waals surface area contributed by atoms with Gasteiger partial charge < -0.3 is 133 Å². The Kier molecular flexibility index (Phi) is 24.5. The van der Waals surface area contributed by atoms with Crippen molar-refractivity contribution in [1.29, 1.82) is 0 Å². The van der Waals surface area contributed by atoms with Crippen molar-refractivity contribution in [2.45, 2.75) is 207 Å². The van der Waals surface area contributed by atoms with Crippen LogP contribution in [0.25, 0.3) is 11.1 Å². The molecule has 13 rings (SSSR count). The highest BCUT2D eigenvalue weighted by atomic mass is 35.5. The first-order valence-electron chi connectivity index (χ1n) is 35.7. The number of aromatic hydroxyl groups is 3. The molecule has 5 amide bonds. The number of carbonyl (C=O) groups excluding carboxylic acids is 7. The molecule has 8 aliphatic heterocycles. The fourth-order valence-electron chi connectivity index (χ4n) is 14.7. The Bertz CT molecular complexity index is 4340. The molecule has 3 fully saturated rings. The molecular weight excluding hydrogens is 1460 g/mol. The third kappa shape index (κ3) is 17.4. The minimum Gasteiger partial charge on any atom is -0.508 e. The van der Waals surface area contributed by atoms with Crippen molar-refractivity contribution < 1.29 is 127 Å². The number of amides is 5. The highest BCUT2D eigenvalue weighted by Gasteiger charge is 2.52. The average Bonchev–Trinajstić information content (AvgIpc) is 0.765. The zero-order chi connectivity index (χ0) is 80.0. The van der Waals surface area contributed by atoms with Crippen LogP contribution < -0.4 is 58.0 Å². The van der Waals surface area contributed by atoms with E-state index in [9.17, 15) is 65.4 Å². The van der Waals surface area contributed by atoms with Crippen molar-refractivity contribution in [3.05, 3.63) is 118 Å². The van der Waals surface area contributed by atoms with Crippen LogP contribution in [0.5, 0.6) is 46.0 Å². The number of aliphatic hydroxyl groups excluding tert-OH is 6. The number of ether oxygens (including phenoxy) is 8. The quantitative estimate of drug-likeness (QED) is 0.0709. The Labute approximate surface area is 634 Å². The molecule has 8 aliphatic rings. The van der Waals surface area contributed by atoms with Gasteiger partial charge in [-0.3, -0.25) is 33.6 Å². The van der Waals surface area contributed by atoms with Gasteiger partial charge in [0.1, 0.15) is 77.4 Å². The molecule has 594 valence electrons.